The Labute approximate surface area is 190 Å². The third-order valence-electron chi connectivity index (χ3n) is 5.90. The lowest BCUT2D eigenvalue weighted by Crippen LogP contribution is -2.27. The van der Waals surface area contributed by atoms with Gasteiger partial charge in [-0.15, -0.1) is 10.2 Å². The first-order chi connectivity index (χ1) is 16.1. The second-order valence-corrected chi connectivity index (χ2v) is 7.94. The Kier molecular flexibility index (Phi) is 5.43. The van der Waals surface area contributed by atoms with E-state index in [0.29, 0.717) is 29.4 Å². The highest BCUT2D eigenvalue weighted by atomic mass is 16.3. The van der Waals surface area contributed by atoms with Crippen LogP contribution in [0.4, 0.5) is 5.69 Å². The van der Waals surface area contributed by atoms with Crippen LogP contribution in [0.3, 0.4) is 0 Å². The number of hydrogen-bond donors (Lipinski definition) is 3. The molecule has 0 spiro atoms. The molecule has 1 atom stereocenters. The number of fused-ring (bicyclic) bond motifs is 1. The predicted octanol–water partition coefficient (Wildman–Crippen LogP) is 3.01. The van der Waals surface area contributed by atoms with Crippen LogP contribution in [0.25, 0.3) is 11.5 Å². The number of benzene rings is 2. The number of phenols is 1. The summed E-state index contributed by atoms with van der Waals surface area (Å²) in [6.45, 7) is 0.439. The number of nitrogens with one attached hydrogen (secondary N) is 2. The smallest absolute Gasteiger partial charge is 0.251 e. The van der Waals surface area contributed by atoms with Gasteiger partial charge in [-0.2, -0.15) is 0 Å². The van der Waals surface area contributed by atoms with E-state index in [1.807, 2.05) is 41.9 Å². The summed E-state index contributed by atoms with van der Waals surface area (Å²) in [6, 6.07) is 14.5. The van der Waals surface area contributed by atoms with Crippen LogP contribution in [0, 0.1) is 0 Å². The number of amides is 1. The van der Waals surface area contributed by atoms with Crippen molar-refractivity contribution in [3.05, 3.63) is 83.6 Å². The van der Waals surface area contributed by atoms with Gasteiger partial charge in [0, 0.05) is 24.5 Å². The van der Waals surface area contributed by atoms with Crippen molar-refractivity contribution in [1.82, 2.24) is 30.0 Å². The molecule has 0 radical (unpaired) electrons. The number of phenolic OH excluding ortho intramolecular Hbond substituents is 1. The highest BCUT2D eigenvalue weighted by molar-refractivity contribution is 5.95. The van der Waals surface area contributed by atoms with Gasteiger partial charge < -0.3 is 20.3 Å². The van der Waals surface area contributed by atoms with Crippen molar-refractivity contribution in [3.63, 3.8) is 0 Å². The molecule has 1 aliphatic carbocycles. The molecule has 2 aromatic heterocycles. The monoisotopic (exact) mass is 441 g/mol. The standard InChI is InChI=1S/C24H23N7O2/c1-31-22(29-30-23(31)20-10-11-25-14-27-20)13-26-16-5-2-4-15(12-16)24(33)28-19-9-8-18-17(19)6-3-7-21(18)32/h2-7,10-12,14,19,26,32H,8-9,13H2,1H3,(H,28,33). The van der Waals surface area contributed by atoms with Gasteiger partial charge >= 0.3 is 0 Å². The van der Waals surface area contributed by atoms with E-state index in [0.717, 1.165) is 35.5 Å². The van der Waals surface area contributed by atoms with Gasteiger partial charge in [0.2, 0.25) is 0 Å². The number of aromatic nitrogens is 5. The molecule has 0 fully saturated rings. The average molecular weight is 441 g/mol. The highest BCUT2D eigenvalue weighted by Gasteiger charge is 2.26. The lowest BCUT2D eigenvalue weighted by molar-refractivity contribution is 0.0936. The molecule has 2 aromatic carbocycles. The lowest BCUT2D eigenvalue weighted by Gasteiger charge is -2.15. The molecule has 166 valence electrons. The Bertz CT molecular complexity index is 1300. The fraction of sp³-hybridized carbons (Fsp3) is 0.208. The molecule has 9 heteroatoms. The Balaban J connectivity index is 1.26. The minimum Gasteiger partial charge on any atom is -0.508 e. The quantitative estimate of drug-likeness (QED) is 0.421. The topological polar surface area (TPSA) is 118 Å². The van der Waals surface area contributed by atoms with Crippen LogP contribution in [0.5, 0.6) is 5.75 Å². The van der Waals surface area contributed by atoms with E-state index in [-0.39, 0.29) is 11.9 Å². The second kappa shape index (κ2) is 8.70. The molecule has 0 bridgehead atoms. The van der Waals surface area contributed by atoms with Crippen molar-refractivity contribution in [2.75, 3.05) is 5.32 Å². The number of hydrogen-bond acceptors (Lipinski definition) is 7. The van der Waals surface area contributed by atoms with Gasteiger partial charge in [-0.05, 0) is 54.3 Å². The lowest BCUT2D eigenvalue weighted by atomic mass is 10.1. The Hall–Kier alpha value is -4.27. The fourth-order valence-corrected chi connectivity index (χ4v) is 4.14. The molecule has 5 rings (SSSR count). The fourth-order valence-electron chi connectivity index (χ4n) is 4.14. The van der Waals surface area contributed by atoms with Gasteiger partial charge in [-0.3, -0.25) is 4.79 Å². The summed E-state index contributed by atoms with van der Waals surface area (Å²) < 4.78 is 1.87. The molecule has 1 unspecified atom stereocenters. The number of rotatable bonds is 6. The molecule has 0 saturated heterocycles. The molecule has 9 nitrogen and oxygen atoms in total. The van der Waals surface area contributed by atoms with E-state index in [4.69, 9.17) is 0 Å². The van der Waals surface area contributed by atoms with Crippen LogP contribution in [0.1, 0.15) is 39.8 Å². The van der Waals surface area contributed by atoms with E-state index < -0.39 is 0 Å². The Morgan fingerprint density at radius 1 is 1.18 bits per heavy atom. The summed E-state index contributed by atoms with van der Waals surface area (Å²) in [4.78, 5) is 21.0. The summed E-state index contributed by atoms with van der Waals surface area (Å²) in [5.74, 6) is 1.54. The summed E-state index contributed by atoms with van der Waals surface area (Å²) in [6.07, 6.45) is 4.67. The van der Waals surface area contributed by atoms with Crippen molar-refractivity contribution in [2.45, 2.75) is 25.4 Å². The van der Waals surface area contributed by atoms with Gasteiger partial charge in [0.25, 0.3) is 5.91 Å². The molecule has 4 aromatic rings. The Morgan fingerprint density at radius 2 is 2.06 bits per heavy atom. The average Bonchev–Trinajstić information content (AvgIpc) is 3.42. The number of aromatic hydroxyl groups is 1. The number of anilines is 1. The van der Waals surface area contributed by atoms with Crippen molar-refractivity contribution in [1.29, 1.82) is 0 Å². The first-order valence-electron chi connectivity index (χ1n) is 10.7. The first-order valence-corrected chi connectivity index (χ1v) is 10.7. The van der Waals surface area contributed by atoms with Crippen molar-refractivity contribution < 1.29 is 9.90 Å². The van der Waals surface area contributed by atoms with Crippen LogP contribution < -0.4 is 10.6 Å². The van der Waals surface area contributed by atoms with Crippen LogP contribution in [0.2, 0.25) is 0 Å². The van der Waals surface area contributed by atoms with E-state index in [1.54, 1.807) is 24.4 Å². The highest BCUT2D eigenvalue weighted by Crippen LogP contribution is 2.36. The molecule has 3 N–H and O–H groups in total. The minimum atomic E-state index is -0.149. The van der Waals surface area contributed by atoms with E-state index in [1.165, 1.54) is 6.33 Å². The second-order valence-electron chi connectivity index (χ2n) is 7.94. The number of carbonyl (C=O) groups is 1. The molecule has 33 heavy (non-hydrogen) atoms. The third kappa shape index (κ3) is 4.12. The summed E-state index contributed by atoms with van der Waals surface area (Å²) in [7, 11) is 1.88. The van der Waals surface area contributed by atoms with Crippen LogP contribution >= 0.6 is 0 Å². The zero-order valence-corrected chi connectivity index (χ0v) is 18.1. The van der Waals surface area contributed by atoms with Crippen molar-refractivity contribution in [2.24, 2.45) is 7.05 Å². The molecular weight excluding hydrogens is 418 g/mol. The number of carbonyl (C=O) groups excluding carboxylic acids is 1. The summed E-state index contributed by atoms with van der Waals surface area (Å²) in [5, 5.41) is 24.9. The maximum absolute atomic E-state index is 12.9. The van der Waals surface area contributed by atoms with Gasteiger partial charge in [0.1, 0.15) is 17.8 Å². The van der Waals surface area contributed by atoms with Gasteiger partial charge in [-0.25, -0.2) is 9.97 Å². The van der Waals surface area contributed by atoms with Gasteiger partial charge in [0.15, 0.2) is 11.6 Å². The van der Waals surface area contributed by atoms with Crippen molar-refractivity contribution in [3.8, 4) is 17.3 Å². The van der Waals surface area contributed by atoms with E-state index in [2.05, 4.69) is 30.8 Å². The summed E-state index contributed by atoms with van der Waals surface area (Å²) in [5.41, 5.74) is 3.97. The molecule has 0 saturated carbocycles. The zero-order valence-electron chi connectivity index (χ0n) is 18.1. The van der Waals surface area contributed by atoms with Crippen LogP contribution in [0.15, 0.2) is 61.1 Å². The molecule has 2 heterocycles. The predicted molar refractivity (Wildman–Crippen MR) is 122 cm³/mol. The first kappa shape index (κ1) is 20.6. The van der Waals surface area contributed by atoms with Gasteiger partial charge in [0.05, 0.1) is 12.6 Å². The molecular formula is C24H23N7O2. The zero-order chi connectivity index (χ0) is 22.8. The third-order valence-corrected chi connectivity index (χ3v) is 5.90. The van der Waals surface area contributed by atoms with Crippen LogP contribution in [-0.2, 0) is 20.0 Å². The largest absolute Gasteiger partial charge is 0.508 e. The van der Waals surface area contributed by atoms with E-state index >= 15 is 0 Å². The Morgan fingerprint density at radius 3 is 2.91 bits per heavy atom. The van der Waals surface area contributed by atoms with E-state index in [9.17, 15) is 9.90 Å². The minimum absolute atomic E-state index is 0.102. The van der Waals surface area contributed by atoms with Gasteiger partial charge in [-0.1, -0.05) is 18.2 Å². The normalized spacial score (nSPS) is 14.6. The maximum Gasteiger partial charge on any atom is 0.251 e. The summed E-state index contributed by atoms with van der Waals surface area (Å²) >= 11 is 0. The SMILES string of the molecule is Cn1c(CNc2cccc(C(=O)NC3CCc4c(O)cccc43)c2)nnc1-c1ccncn1. The molecule has 0 aliphatic heterocycles. The van der Waals surface area contributed by atoms with Crippen molar-refractivity contribution >= 4 is 11.6 Å². The maximum atomic E-state index is 12.9. The van der Waals surface area contributed by atoms with Crippen LogP contribution in [-0.4, -0.2) is 35.7 Å². The molecule has 1 amide bonds. The molecule has 1 aliphatic rings. The number of nitrogens with zero attached hydrogens (tertiary/aromatic N) is 5.